The van der Waals surface area contributed by atoms with E-state index in [9.17, 15) is 0 Å². The molecular formula is C23H22N6OS. The van der Waals surface area contributed by atoms with Gasteiger partial charge in [-0.05, 0) is 30.7 Å². The molecule has 0 aliphatic rings. The number of aromatic amines is 1. The van der Waals surface area contributed by atoms with E-state index < -0.39 is 0 Å². The van der Waals surface area contributed by atoms with Crippen molar-refractivity contribution < 1.29 is 4.42 Å². The second-order valence-electron chi connectivity index (χ2n) is 7.71. The molecule has 0 amide bonds. The van der Waals surface area contributed by atoms with Crippen LogP contribution < -0.4 is 0 Å². The third-order valence-electron chi connectivity index (χ3n) is 5.02. The first kappa shape index (κ1) is 19.6. The highest BCUT2D eigenvalue weighted by molar-refractivity contribution is 7.98. The van der Waals surface area contributed by atoms with Crippen LogP contribution in [0.3, 0.4) is 0 Å². The number of hydrogen-bond acceptors (Lipinski definition) is 6. The monoisotopic (exact) mass is 430 g/mol. The fourth-order valence-corrected chi connectivity index (χ4v) is 4.27. The van der Waals surface area contributed by atoms with Gasteiger partial charge in [0.1, 0.15) is 0 Å². The van der Waals surface area contributed by atoms with Crippen LogP contribution in [-0.2, 0) is 5.75 Å². The lowest BCUT2D eigenvalue weighted by Crippen LogP contribution is -2.00. The Morgan fingerprint density at radius 1 is 1.03 bits per heavy atom. The van der Waals surface area contributed by atoms with E-state index in [4.69, 9.17) is 4.42 Å². The van der Waals surface area contributed by atoms with Gasteiger partial charge in [-0.2, -0.15) is 0 Å². The SMILES string of the molecule is Cc1cccc(-n2c(SCc3nnc(C(C)C)o3)nnc2-c2c[nH]c3ccccc23)c1. The predicted molar refractivity (Wildman–Crippen MR) is 121 cm³/mol. The van der Waals surface area contributed by atoms with Gasteiger partial charge < -0.3 is 9.40 Å². The molecule has 0 saturated heterocycles. The van der Waals surface area contributed by atoms with E-state index in [-0.39, 0.29) is 5.92 Å². The lowest BCUT2D eigenvalue weighted by atomic mass is 10.1. The van der Waals surface area contributed by atoms with E-state index in [1.165, 1.54) is 17.3 Å². The van der Waals surface area contributed by atoms with Crippen molar-refractivity contribution in [2.24, 2.45) is 0 Å². The van der Waals surface area contributed by atoms with Crippen molar-refractivity contribution in [3.8, 4) is 17.1 Å². The zero-order valence-corrected chi connectivity index (χ0v) is 18.3. The molecule has 5 aromatic rings. The summed E-state index contributed by atoms with van der Waals surface area (Å²) in [5, 5.41) is 19.3. The Balaban J connectivity index is 1.57. The minimum atomic E-state index is 0.204. The quantitative estimate of drug-likeness (QED) is 0.357. The number of fused-ring (bicyclic) bond motifs is 1. The molecule has 156 valence electrons. The molecule has 3 heterocycles. The van der Waals surface area contributed by atoms with E-state index in [0.717, 1.165) is 33.1 Å². The standard InChI is InChI=1S/C23H22N6OS/c1-14(2)22-27-25-20(30-22)13-31-23-28-26-21(29(23)16-8-6-7-15(3)11-16)18-12-24-19-10-5-4-9-17(18)19/h4-12,14,24H,13H2,1-3H3. The van der Waals surface area contributed by atoms with Crippen molar-refractivity contribution in [3.05, 3.63) is 72.1 Å². The molecule has 0 atom stereocenters. The Hall–Kier alpha value is -3.39. The van der Waals surface area contributed by atoms with Gasteiger partial charge in [-0.1, -0.05) is 55.9 Å². The third kappa shape index (κ3) is 3.74. The molecule has 0 unspecified atom stereocenters. The van der Waals surface area contributed by atoms with Crippen molar-refractivity contribution in [2.45, 2.75) is 37.6 Å². The largest absolute Gasteiger partial charge is 0.424 e. The van der Waals surface area contributed by atoms with Gasteiger partial charge in [0.05, 0.1) is 5.75 Å². The molecule has 0 fully saturated rings. The third-order valence-corrected chi connectivity index (χ3v) is 5.94. The average molecular weight is 431 g/mol. The lowest BCUT2D eigenvalue weighted by Gasteiger charge is -2.10. The fraction of sp³-hybridized carbons (Fsp3) is 0.217. The number of thioether (sulfide) groups is 1. The molecule has 8 heteroatoms. The van der Waals surface area contributed by atoms with Crippen LogP contribution in [0, 0.1) is 6.92 Å². The lowest BCUT2D eigenvalue weighted by molar-refractivity contribution is 0.445. The van der Waals surface area contributed by atoms with Gasteiger partial charge in [-0.25, -0.2) is 0 Å². The number of hydrogen-bond donors (Lipinski definition) is 1. The normalized spacial score (nSPS) is 11.6. The topological polar surface area (TPSA) is 85.4 Å². The van der Waals surface area contributed by atoms with E-state index >= 15 is 0 Å². The van der Waals surface area contributed by atoms with E-state index in [1.807, 2.05) is 38.2 Å². The highest BCUT2D eigenvalue weighted by Gasteiger charge is 2.20. The van der Waals surface area contributed by atoms with Crippen LogP contribution in [0.1, 0.15) is 37.1 Å². The second kappa shape index (κ2) is 8.03. The second-order valence-corrected chi connectivity index (χ2v) is 8.65. The molecule has 0 spiro atoms. The van der Waals surface area contributed by atoms with Crippen LogP contribution in [0.5, 0.6) is 0 Å². The highest BCUT2D eigenvalue weighted by Crippen LogP contribution is 2.33. The molecule has 1 N–H and O–H groups in total. The Morgan fingerprint density at radius 3 is 2.71 bits per heavy atom. The van der Waals surface area contributed by atoms with Gasteiger partial charge in [0.2, 0.25) is 11.8 Å². The summed E-state index contributed by atoms with van der Waals surface area (Å²) in [5.41, 5.74) is 4.26. The molecule has 0 aliphatic carbocycles. The van der Waals surface area contributed by atoms with Crippen LogP contribution in [0.2, 0.25) is 0 Å². The minimum Gasteiger partial charge on any atom is -0.424 e. The Labute approximate surface area is 183 Å². The number of nitrogens with zero attached hydrogens (tertiary/aromatic N) is 5. The number of H-pyrrole nitrogens is 1. The van der Waals surface area contributed by atoms with Gasteiger partial charge in [0.25, 0.3) is 0 Å². The van der Waals surface area contributed by atoms with Crippen molar-refractivity contribution >= 4 is 22.7 Å². The molecule has 5 rings (SSSR count). The average Bonchev–Trinajstić information content (AvgIpc) is 3.49. The van der Waals surface area contributed by atoms with Gasteiger partial charge in [0.15, 0.2) is 11.0 Å². The van der Waals surface area contributed by atoms with Crippen LogP contribution >= 0.6 is 11.8 Å². The van der Waals surface area contributed by atoms with Gasteiger partial charge in [-0.15, -0.1) is 20.4 Å². The Kier molecular flexibility index (Phi) is 5.07. The number of rotatable bonds is 6. The number of nitrogens with one attached hydrogen (secondary N) is 1. The Bertz CT molecular complexity index is 1350. The summed E-state index contributed by atoms with van der Waals surface area (Å²) in [6, 6.07) is 16.5. The maximum absolute atomic E-state index is 5.76. The molecule has 31 heavy (non-hydrogen) atoms. The highest BCUT2D eigenvalue weighted by atomic mass is 32.2. The molecule has 3 aromatic heterocycles. The summed E-state index contributed by atoms with van der Waals surface area (Å²) in [6.45, 7) is 6.15. The molecule has 0 saturated carbocycles. The van der Waals surface area contributed by atoms with E-state index in [0.29, 0.717) is 17.5 Å². The summed E-state index contributed by atoms with van der Waals surface area (Å²) >= 11 is 1.53. The first-order valence-corrected chi connectivity index (χ1v) is 11.1. The number of aryl methyl sites for hydroxylation is 1. The van der Waals surface area contributed by atoms with Crippen LogP contribution in [0.4, 0.5) is 0 Å². The first-order valence-electron chi connectivity index (χ1n) is 10.1. The predicted octanol–water partition coefficient (Wildman–Crippen LogP) is 5.52. The molecular weight excluding hydrogens is 408 g/mol. The molecule has 0 radical (unpaired) electrons. The molecule has 0 aliphatic heterocycles. The van der Waals surface area contributed by atoms with Crippen molar-refractivity contribution in [2.75, 3.05) is 0 Å². The molecule has 2 aromatic carbocycles. The zero-order valence-electron chi connectivity index (χ0n) is 17.5. The number of para-hydroxylation sites is 1. The van der Waals surface area contributed by atoms with Gasteiger partial charge >= 0.3 is 0 Å². The number of benzene rings is 2. The van der Waals surface area contributed by atoms with E-state index in [1.54, 1.807) is 0 Å². The first-order chi connectivity index (χ1) is 15.1. The van der Waals surface area contributed by atoms with Crippen LogP contribution in [-0.4, -0.2) is 29.9 Å². The van der Waals surface area contributed by atoms with Crippen molar-refractivity contribution in [1.29, 1.82) is 0 Å². The summed E-state index contributed by atoms with van der Waals surface area (Å²) in [7, 11) is 0. The molecule has 0 bridgehead atoms. The van der Waals surface area contributed by atoms with Gasteiger partial charge in [0, 0.05) is 34.3 Å². The van der Waals surface area contributed by atoms with E-state index in [2.05, 4.69) is 67.2 Å². The molecule has 7 nitrogen and oxygen atoms in total. The Morgan fingerprint density at radius 2 is 1.90 bits per heavy atom. The van der Waals surface area contributed by atoms with Crippen LogP contribution in [0.15, 0.2) is 64.3 Å². The maximum Gasteiger partial charge on any atom is 0.226 e. The van der Waals surface area contributed by atoms with Crippen LogP contribution in [0.25, 0.3) is 28.0 Å². The maximum atomic E-state index is 5.76. The minimum absolute atomic E-state index is 0.204. The van der Waals surface area contributed by atoms with Crippen molar-refractivity contribution in [1.82, 2.24) is 29.9 Å². The fourth-order valence-electron chi connectivity index (χ4n) is 3.48. The summed E-state index contributed by atoms with van der Waals surface area (Å²) in [5.74, 6) is 2.75. The summed E-state index contributed by atoms with van der Waals surface area (Å²) in [6.07, 6.45) is 1.99. The summed E-state index contributed by atoms with van der Waals surface area (Å²) < 4.78 is 7.85. The number of aromatic nitrogens is 6. The summed E-state index contributed by atoms with van der Waals surface area (Å²) in [4.78, 5) is 3.34. The smallest absolute Gasteiger partial charge is 0.226 e. The zero-order chi connectivity index (χ0) is 21.4. The van der Waals surface area contributed by atoms with Crippen molar-refractivity contribution in [3.63, 3.8) is 0 Å². The van der Waals surface area contributed by atoms with Gasteiger partial charge in [-0.3, -0.25) is 4.57 Å².